The van der Waals surface area contributed by atoms with Gasteiger partial charge in [0.15, 0.2) is 0 Å². The minimum atomic E-state index is -0.261. The molecule has 13 aromatic rings. The molecule has 314 valence electrons. The first-order valence-electron chi connectivity index (χ1n) is 23.0. The molecule has 3 heterocycles. The van der Waals surface area contributed by atoms with Gasteiger partial charge in [-0.2, -0.15) is 10.5 Å². The predicted octanol–water partition coefficient (Wildman–Crippen LogP) is 15.5. The highest BCUT2D eigenvalue weighted by molar-refractivity contribution is 6.14. The van der Waals surface area contributed by atoms with Crippen LogP contribution in [0.25, 0.3) is 105 Å². The quantitative estimate of drug-likeness (QED) is 0.173. The first-order chi connectivity index (χ1) is 33.7. The van der Waals surface area contributed by atoms with E-state index in [4.69, 9.17) is 0 Å². The maximum Gasteiger partial charge on any atom is 0.0992 e. The summed E-state index contributed by atoms with van der Waals surface area (Å²) in [5, 5.41) is 28.2. The molecule has 14 rings (SSSR count). The van der Waals surface area contributed by atoms with E-state index in [0.29, 0.717) is 11.1 Å². The third-order valence-corrected chi connectivity index (χ3v) is 14.3. The molecular weight excluding hydrogens is 827 g/mol. The van der Waals surface area contributed by atoms with Gasteiger partial charge in [-0.05, 0) is 99.6 Å². The van der Waals surface area contributed by atoms with E-state index in [2.05, 4.69) is 226 Å². The number of rotatable bonds is 5. The summed E-state index contributed by atoms with van der Waals surface area (Å²) in [7, 11) is 0. The molecule has 10 aromatic carbocycles. The largest absolute Gasteiger partial charge is 0.307 e. The summed E-state index contributed by atoms with van der Waals surface area (Å²) in [5.41, 5.74) is 17.9. The highest BCUT2D eigenvalue weighted by atomic mass is 15.1. The fourth-order valence-corrected chi connectivity index (χ4v) is 11.7. The summed E-state index contributed by atoms with van der Waals surface area (Å²) >= 11 is 0. The Balaban J connectivity index is 1.33. The average Bonchev–Trinajstić information content (AvgIpc) is 4.13. The van der Waals surface area contributed by atoms with E-state index in [1.165, 1.54) is 22.3 Å². The lowest BCUT2D eigenvalue weighted by Crippen LogP contribution is -2.16. The van der Waals surface area contributed by atoms with Gasteiger partial charge >= 0.3 is 0 Å². The summed E-state index contributed by atoms with van der Waals surface area (Å²) in [6.45, 7) is 0. The number of hydrogen-bond donors (Lipinski definition) is 0. The molecule has 0 spiro atoms. The van der Waals surface area contributed by atoms with Crippen molar-refractivity contribution in [2.45, 2.75) is 5.92 Å². The van der Waals surface area contributed by atoms with Crippen molar-refractivity contribution >= 4 is 65.4 Å². The van der Waals surface area contributed by atoms with Crippen LogP contribution in [0.2, 0.25) is 0 Å². The molecule has 68 heavy (non-hydrogen) atoms. The molecule has 1 aliphatic carbocycles. The Morgan fingerprint density at radius 3 is 1.06 bits per heavy atom. The van der Waals surface area contributed by atoms with Crippen LogP contribution in [-0.2, 0) is 0 Å². The standard InChI is InChI=1S/C63H37N5/c64-37-39-33-40(38-65)35-41(34-39)52-36-59(66-53-27-11-5-19-44(53)45-20-6-12-28-54(45)66)62(67-55-29-13-7-21-46(55)47-22-8-14-30-56(47)67)63(68-57-31-15-9-23-48(57)49-24-10-16-32-58(49)68)61(52)60-50-25-3-1-17-42(50)43-18-2-4-26-51(43)60/h1-36,60H. The number of aromatic nitrogens is 3. The van der Waals surface area contributed by atoms with Gasteiger partial charge < -0.3 is 13.7 Å². The van der Waals surface area contributed by atoms with Gasteiger partial charge in [-0.15, -0.1) is 0 Å². The van der Waals surface area contributed by atoms with E-state index in [9.17, 15) is 10.5 Å². The molecule has 5 nitrogen and oxygen atoms in total. The Bertz CT molecular complexity index is 4130. The van der Waals surface area contributed by atoms with Gasteiger partial charge in [0, 0.05) is 38.2 Å². The van der Waals surface area contributed by atoms with E-state index in [-0.39, 0.29) is 5.92 Å². The van der Waals surface area contributed by atoms with Crippen LogP contribution in [0.5, 0.6) is 0 Å². The van der Waals surface area contributed by atoms with Gasteiger partial charge in [0.25, 0.3) is 0 Å². The molecule has 0 saturated carbocycles. The van der Waals surface area contributed by atoms with Crippen molar-refractivity contribution in [1.29, 1.82) is 10.5 Å². The van der Waals surface area contributed by atoms with Crippen LogP contribution < -0.4 is 0 Å². The van der Waals surface area contributed by atoms with Crippen LogP contribution in [0.4, 0.5) is 0 Å². The monoisotopic (exact) mass is 863 g/mol. The van der Waals surface area contributed by atoms with Crippen LogP contribution in [0, 0.1) is 22.7 Å². The van der Waals surface area contributed by atoms with E-state index in [1.54, 1.807) is 6.07 Å². The summed E-state index contributed by atoms with van der Waals surface area (Å²) in [4.78, 5) is 0. The maximum atomic E-state index is 10.7. The van der Waals surface area contributed by atoms with Crippen molar-refractivity contribution in [2.75, 3.05) is 0 Å². The van der Waals surface area contributed by atoms with Crippen molar-refractivity contribution in [2.24, 2.45) is 0 Å². The van der Waals surface area contributed by atoms with Crippen LogP contribution in [0.15, 0.2) is 218 Å². The Labute approximate surface area is 391 Å². The normalized spacial score (nSPS) is 12.3. The molecule has 0 bridgehead atoms. The first kappa shape index (κ1) is 37.9. The predicted molar refractivity (Wildman–Crippen MR) is 277 cm³/mol. The second-order valence-electron chi connectivity index (χ2n) is 17.8. The summed E-state index contributed by atoms with van der Waals surface area (Å²) in [5.74, 6) is -0.261. The number of nitrogens with zero attached hydrogens (tertiary/aromatic N) is 5. The average molecular weight is 864 g/mol. The van der Waals surface area contributed by atoms with Gasteiger partial charge in [-0.3, -0.25) is 0 Å². The molecule has 1 aliphatic rings. The zero-order valence-corrected chi connectivity index (χ0v) is 36.6. The van der Waals surface area contributed by atoms with Crippen LogP contribution in [-0.4, -0.2) is 13.7 Å². The van der Waals surface area contributed by atoms with Crippen LogP contribution >= 0.6 is 0 Å². The summed E-state index contributed by atoms with van der Waals surface area (Å²) < 4.78 is 7.47. The molecular formula is C63H37N5. The first-order valence-corrected chi connectivity index (χ1v) is 23.0. The van der Waals surface area contributed by atoms with E-state index in [0.717, 1.165) is 99.2 Å². The van der Waals surface area contributed by atoms with Crippen molar-refractivity contribution in [3.63, 3.8) is 0 Å². The minimum Gasteiger partial charge on any atom is -0.307 e. The van der Waals surface area contributed by atoms with Crippen LogP contribution in [0.1, 0.15) is 33.7 Å². The SMILES string of the molecule is N#Cc1cc(C#N)cc(-c2cc(-n3c4ccccc4c4ccccc43)c(-n3c4ccccc4c4ccccc43)c(-n3c4ccccc4c4ccccc43)c2C2c3ccccc3-c3ccccc32)c1. The highest BCUT2D eigenvalue weighted by Crippen LogP contribution is 2.55. The smallest absolute Gasteiger partial charge is 0.0992 e. The summed E-state index contributed by atoms with van der Waals surface area (Å²) in [6.07, 6.45) is 0. The molecule has 0 N–H and O–H groups in total. The van der Waals surface area contributed by atoms with E-state index < -0.39 is 0 Å². The lowest BCUT2D eigenvalue weighted by atomic mass is 9.81. The van der Waals surface area contributed by atoms with E-state index in [1.807, 2.05) is 12.1 Å². The second-order valence-corrected chi connectivity index (χ2v) is 17.8. The number of benzene rings is 10. The molecule has 3 aromatic heterocycles. The van der Waals surface area contributed by atoms with Crippen LogP contribution in [0.3, 0.4) is 0 Å². The number of hydrogen-bond acceptors (Lipinski definition) is 2. The Morgan fingerprint density at radius 1 is 0.324 bits per heavy atom. The second kappa shape index (κ2) is 14.5. The lowest BCUT2D eigenvalue weighted by Gasteiger charge is -2.30. The van der Waals surface area contributed by atoms with Gasteiger partial charge in [0.05, 0.1) is 73.4 Å². The number of fused-ring (bicyclic) bond motifs is 12. The summed E-state index contributed by atoms with van der Waals surface area (Å²) in [6, 6.07) is 83.0. The maximum absolute atomic E-state index is 10.7. The van der Waals surface area contributed by atoms with Crippen molar-refractivity contribution in [3.8, 4) is 51.5 Å². The molecule has 0 fully saturated rings. The molecule has 0 amide bonds. The molecule has 0 radical (unpaired) electrons. The van der Waals surface area contributed by atoms with Gasteiger partial charge in [-0.1, -0.05) is 158 Å². The third kappa shape index (κ3) is 5.24. The van der Waals surface area contributed by atoms with Crippen molar-refractivity contribution in [1.82, 2.24) is 13.7 Å². The van der Waals surface area contributed by atoms with E-state index >= 15 is 0 Å². The molecule has 5 heteroatoms. The number of para-hydroxylation sites is 6. The third-order valence-electron chi connectivity index (χ3n) is 14.3. The fourth-order valence-electron chi connectivity index (χ4n) is 11.7. The Kier molecular flexibility index (Phi) is 8.11. The molecule has 0 aliphatic heterocycles. The Hall–Kier alpha value is -9.42. The topological polar surface area (TPSA) is 62.4 Å². The molecule has 0 saturated heterocycles. The number of nitriles is 2. The molecule has 0 unspecified atom stereocenters. The van der Waals surface area contributed by atoms with Crippen molar-refractivity contribution < 1.29 is 0 Å². The van der Waals surface area contributed by atoms with Gasteiger partial charge in [-0.25, -0.2) is 0 Å². The van der Waals surface area contributed by atoms with Gasteiger partial charge in [0.2, 0.25) is 0 Å². The Morgan fingerprint density at radius 2 is 0.662 bits per heavy atom. The van der Waals surface area contributed by atoms with Gasteiger partial charge in [0.1, 0.15) is 0 Å². The minimum absolute atomic E-state index is 0.261. The molecule has 0 atom stereocenters. The zero-order chi connectivity index (χ0) is 45.0. The zero-order valence-electron chi connectivity index (χ0n) is 36.6. The highest BCUT2D eigenvalue weighted by Gasteiger charge is 2.38. The van der Waals surface area contributed by atoms with Crippen molar-refractivity contribution in [3.05, 3.63) is 246 Å². The lowest BCUT2D eigenvalue weighted by molar-refractivity contribution is 0.961. The fraction of sp³-hybridized carbons (Fsp3) is 0.0159.